The van der Waals surface area contributed by atoms with E-state index in [2.05, 4.69) is 15.7 Å². The van der Waals surface area contributed by atoms with Crippen LogP contribution in [0, 0.1) is 0 Å². The van der Waals surface area contributed by atoms with Gasteiger partial charge in [0.25, 0.3) is 11.8 Å². The minimum Gasteiger partial charge on any atom is -0.459 e. The number of hydrogen-bond acceptors (Lipinski definition) is 4. The molecular formula is C24H20N4O3. The Hall–Kier alpha value is -4.13. The molecule has 1 aliphatic rings. The topological polar surface area (TPSA) is 89.2 Å². The molecule has 31 heavy (non-hydrogen) atoms. The van der Waals surface area contributed by atoms with E-state index in [1.54, 1.807) is 36.4 Å². The fraction of sp³-hybridized carbons (Fsp3) is 0.125. The Morgan fingerprint density at radius 2 is 1.65 bits per heavy atom. The maximum Gasteiger partial charge on any atom is 0.291 e. The van der Waals surface area contributed by atoms with Gasteiger partial charge in [-0.25, -0.2) is 4.68 Å². The number of anilines is 2. The highest BCUT2D eigenvalue weighted by molar-refractivity contribution is 6.05. The van der Waals surface area contributed by atoms with E-state index in [-0.39, 0.29) is 17.6 Å². The van der Waals surface area contributed by atoms with Crippen molar-refractivity contribution in [2.24, 2.45) is 0 Å². The Bertz CT molecular complexity index is 1240. The molecule has 0 fully saturated rings. The van der Waals surface area contributed by atoms with Crippen LogP contribution < -0.4 is 10.6 Å². The first-order chi connectivity index (χ1) is 15.2. The lowest BCUT2D eigenvalue weighted by molar-refractivity contribution is 0.0994. The van der Waals surface area contributed by atoms with Crippen molar-refractivity contribution < 1.29 is 14.0 Å². The summed E-state index contributed by atoms with van der Waals surface area (Å²) in [7, 11) is 0. The number of aromatic nitrogens is 2. The molecule has 0 spiro atoms. The number of para-hydroxylation sites is 1. The van der Waals surface area contributed by atoms with Gasteiger partial charge in [-0.1, -0.05) is 24.3 Å². The third kappa shape index (κ3) is 3.73. The molecular weight excluding hydrogens is 392 g/mol. The second-order valence-corrected chi connectivity index (χ2v) is 7.34. The number of hydrogen-bond donors (Lipinski definition) is 2. The highest BCUT2D eigenvalue weighted by atomic mass is 16.3. The van der Waals surface area contributed by atoms with Crippen LogP contribution in [0.5, 0.6) is 0 Å². The summed E-state index contributed by atoms with van der Waals surface area (Å²) in [5.41, 5.74) is 4.62. The van der Waals surface area contributed by atoms with Crippen LogP contribution in [-0.4, -0.2) is 21.6 Å². The van der Waals surface area contributed by atoms with E-state index in [0.29, 0.717) is 17.1 Å². The molecule has 5 rings (SSSR count). The Balaban J connectivity index is 1.37. The molecule has 0 radical (unpaired) electrons. The molecule has 7 nitrogen and oxygen atoms in total. The summed E-state index contributed by atoms with van der Waals surface area (Å²) < 4.78 is 6.98. The third-order valence-electron chi connectivity index (χ3n) is 5.27. The number of amides is 2. The van der Waals surface area contributed by atoms with Gasteiger partial charge < -0.3 is 15.1 Å². The average Bonchev–Trinajstić information content (AvgIpc) is 3.52. The summed E-state index contributed by atoms with van der Waals surface area (Å²) in [6.45, 7) is 0. The first-order valence-electron chi connectivity index (χ1n) is 10.1. The minimum absolute atomic E-state index is 0.219. The Morgan fingerprint density at radius 1 is 0.871 bits per heavy atom. The van der Waals surface area contributed by atoms with Crippen LogP contribution in [0.3, 0.4) is 0 Å². The quantitative estimate of drug-likeness (QED) is 0.507. The molecule has 0 saturated carbocycles. The van der Waals surface area contributed by atoms with Crippen LogP contribution in [0.1, 0.15) is 38.7 Å². The molecule has 2 aromatic heterocycles. The van der Waals surface area contributed by atoms with Crippen molar-refractivity contribution in [3.8, 4) is 5.69 Å². The van der Waals surface area contributed by atoms with Gasteiger partial charge >= 0.3 is 0 Å². The lowest BCUT2D eigenvalue weighted by atomic mass is 10.2. The van der Waals surface area contributed by atoms with Gasteiger partial charge in [0.2, 0.25) is 0 Å². The van der Waals surface area contributed by atoms with Crippen LogP contribution in [0.25, 0.3) is 5.69 Å². The zero-order chi connectivity index (χ0) is 21.2. The molecule has 0 bridgehead atoms. The van der Waals surface area contributed by atoms with Crippen LogP contribution in [0.2, 0.25) is 0 Å². The van der Waals surface area contributed by atoms with Crippen molar-refractivity contribution in [2.75, 3.05) is 10.6 Å². The van der Waals surface area contributed by atoms with Crippen LogP contribution >= 0.6 is 0 Å². The molecule has 154 valence electrons. The van der Waals surface area contributed by atoms with E-state index in [1.165, 1.54) is 6.26 Å². The van der Waals surface area contributed by atoms with E-state index in [9.17, 15) is 9.59 Å². The molecule has 4 aromatic rings. The molecule has 1 aliphatic carbocycles. The SMILES string of the molecule is O=C(Nc1cccc(NC(=O)c2nn(-c3ccccc3)c3c2CCC3)c1)c1ccco1. The summed E-state index contributed by atoms with van der Waals surface area (Å²) in [6, 6.07) is 20.1. The number of rotatable bonds is 5. The summed E-state index contributed by atoms with van der Waals surface area (Å²) in [6.07, 6.45) is 4.19. The highest BCUT2D eigenvalue weighted by Crippen LogP contribution is 2.28. The predicted molar refractivity (Wildman–Crippen MR) is 117 cm³/mol. The molecule has 0 unspecified atom stereocenters. The molecule has 2 aromatic carbocycles. The summed E-state index contributed by atoms with van der Waals surface area (Å²) in [5, 5.41) is 10.3. The van der Waals surface area contributed by atoms with Gasteiger partial charge in [-0.05, 0) is 61.7 Å². The van der Waals surface area contributed by atoms with Crippen molar-refractivity contribution in [2.45, 2.75) is 19.3 Å². The summed E-state index contributed by atoms with van der Waals surface area (Å²) in [5.74, 6) is -0.397. The molecule has 0 atom stereocenters. The zero-order valence-electron chi connectivity index (χ0n) is 16.7. The van der Waals surface area contributed by atoms with E-state index < -0.39 is 0 Å². The van der Waals surface area contributed by atoms with Crippen molar-refractivity contribution in [1.82, 2.24) is 9.78 Å². The zero-order valence-corrected chi connectivity index (χ0v) is 16.7. The molecule has 2 amide bonds. The van der Waals surface area contributed by atoms with Crippen molar-refractivity contribution >= 4 is 23.2 Å². The molecule has 2 heterocycles. The predicted octanol–water partition coefficient (Wildman–Crippen LogP) is 4.46. The molecule has 2 N–H and O–H groups in total. The third-order valence-corrected chi connectivity index (χ3v) is 5.27. The maximum atomic E-state index is 13.0. The summed E-state index contributed by atoms with van der Waals surface area (Å²) >= 11 is 0. The van der Waals surface area contributed by atoms with Gasteiger partial charge in [0.1, 0.15) is 0 Å². The van der Waals surface area contributed by atoms with Crippen LogP contribution in [0.4, 0.5) is 11.4 Å². The fourth-order valence-corrected chi connectivity index (χ4v) is 3.87. The Labute approximate surface area is 178 Å². The van der Waals surface area contributed by atoms with E-state index in [0.717, 1.165) is 36.2 Å². The van der Waals surface area contributed by atoms with Gasteiger partial charge in [-0.3, -0.25) is 9.59 Å². The number of nitrogens with one attached hydrogen (secondary N) is 2. The highest BCUT2D eigenvalue weighted by Gasteiger charge is 2.27. The lowest BCUT2D eigenvalue weighted by Crippen LogP contribution is -2.15. The largest absolute Gasteiger partial charge is 0.459 e. The monoisotopic (exact) mass is 412 g/mol. The van der Waals surface area contributed by atoms with Gasteiger partial charge in [-0.2, -0.15) is 5.10 Å². The molecule has 7 heteroatoms. The van der Waals surface area contributed by atoms with Crippen LogP contribution in [-0.2, 0) is 12.8 Å². The second-order valence-electron chi connectivity index (χ2n) is 7.34. The first kappa shape index (κ1) is 18.9. The number of benzene rings is 2. The van der Waals surface area contributed by atoms with Gasteiger partial charge in [-0.15, -0.1) is 0 Å². The van der Waals surface area contributed by atoms with Gasteiger partial charge in [0.05, 0.1) is 12.0 Å². The average molecular weight is 412 g/mol. The van der Waals surface area contributed by atoms with Crippen molar-refractivity contribution in [1.29, 1.82) is 0 Å². The number of carbonyl (C=O) groups is 2. The van der Waals surface area contributed by atoms with E-state index in [4.69, 9.17) is 4.42 Å². The summed E-state index contributed by atoms with van der Waals surface area (Å²) in [4.78, 5) is 25.2. The van der Waals surface area contributed by atoms with E-state index >= 15 is 0 Å². The first-order valence-corrected chi connectivity index (χ1v) is 10.1. The smallest absolute Gasteiger partial charge is 0.291 e. The minimum atomic E-state index is -0.354. The maximum absolute atomic E-state index is 13.0. The van der Waals surface area contributed by atoms with E-state index in [1.807, 2.05) is 35.0 Å². The molecule has 0 saturated heterocycles. The standard InChI is InChI=1S/C24H20N4O3/c29-23(21-13-6-14-31-21)25-16-7-4-8-17(15-16)26-24(30)22-19-11-5-12-20(19)28(27-22)18-9-2-1-3-10-18/h1-4,6-10,13-15H,5,11-12H2,(H,25,29)(H,26,30). The Kier molecular flexibility index (Phi) is 4.84. The fourth-order valence-electron chi connectivity index (χ4n) is 3.87. The Morgan fingerprint density at radius 3 is 2.39 bits per heavy atom. The number of carbonyl (C=O) groups excluding carboxylic acids is 2. The van der Waals surface area contributed by atoms with Crippen molar-refractivity contribution in [3.63, 3.8) is 0 Å². The lowest BCUT2D eigenvalue weighted by Gasteiger charge is -2.08. The number of fused-ring (bicyclic) bond motifs is 1. The van der Waals surface area contributed by atoms with Gasteiger partial charge in [0.15, 0.2) is 11.5 Å². The molecule has 0 aliphatic heterocycles. The normalized spacial score (nSPS) is 12.4. The van der Waals surface area contributed by atoms with Gasteiger partial charge in [0, 0.05) is 22.6 Å². The number of furan rings is 1. The van der Waals surface area contributed by atoms with Crippen LogP contribution in [0.15, 0.2) is 77.4 Å². The second kappa shape index (κ2) is 7.95. The van der Waals surface area contributed by atoms with Crippen molar-refractivity contribution in [3.05, 3.63) is 95.7 Å². The number of nitrogens with zero attached hydrogens (tertiary/aromatic N) is 2.